The van der Waals surface area contributed by atoms with Crippen LogP contribution in [-0.2, 0) is 16.1 Å². The number of rotatable bonds is 9. The van der Waals surface area contributed by atoms with Gasteiger partial charge in [0.2, 0.25) is 5.91 Å². The van der Waals surface area contributed by atoms with E-state index in [9.17, 15) is 4.79 Å². The third-order valence-corrected chi connectivity index (χ3v) is 2.94. The first-order valence-electron chi connectivity index (χ1n) is 7.13. The molecule has 0 bridgehead atoms. The number of hydrogen-bond donors (Lipinski definition) is 1. The van der Waals surface area contributed by atoms with Crippen LogP contribution < -0.4 is 5.32 Å². The summed E-state index contributed by atoms with van der Waals surface area (Å²) < 4.78 is 5.12. The zero-order valence-corrected chi connectivity index (χ0v) is 12.8. The van der Waals surface area contributed by atoms with Crippen molar-refractivity contribution < 1.29 is 9.53 Å². The molecule has 0 atom stereocenters. The maximum Gasteiger partial charge on any atom is 0.234 e. The van der Waals surface area contributed by atoms with E-state index in [1.54, 1.807) is 7.11 Å². The minimum absolute atomic E-state index is 0.0748. The molecule has 1 amide bonds. The number of benzene rings is 1. The topological polar surface area (TPSA) is 41.6 Å². The molecular formula is C16H26N2O2. The van der Waals surface area contributed by atoms with E-state index in [1.807, 2.05) is 18.2 Å². The van der Waals surface area contributed by atoms with Gasteiger partial charge in [-0.2, -0.15) is 0 Å². The first kappa shape index (κ1) is 16.7. The Morgan fingerprint density at radius 1 is 1.30 bits per heavy atom. The van der Waals surface area contributed by atoms with Gasteiger partial charge >= 0.3 is 0 Å². The summed E-state index contributed by atoms with van der Waals surface area (Å²) in [7, 11) is 1.68. The van der Waals surface area contributed by atoms with Crippen LogP contribution in [-0.4, -0.2) is 44.2 Å². The van der Waals surface area contributed by atoms with Crippen molar-refractivity contribution in [2.75, 3.05) is 33.4 Å². The van der Waals surface area contributed by atoms with E-state index < -0.39 is 0 Å². The molecular weight excluding hydrogens is 252 g/mol. The van der Waals surface area contributed by atoms with E-state index in [0.29, 0.717) is 19.1 Å². The molecule has 1 N–H and O–H groups in total. The Balaban J connectivity index is 2.48. The normalized spacial score (nSPS) is 11.1. The molecule has 0 aromatic heterocycles. The predicted molar refractivity (Wildman–Crippen MR) is 81.4 cm³/mol. The molecule has 112 valence electrons. The van der Waals surface area contributed by atoms with Crippen molar-refractivity contribution in [1.82, 2.24) is 10.2 Å². The Labute approximate surface area is 122 Å². The van der Waals surface area contributed by atoms with Crippen molar-refractivity contribution in [2.45, 2.75) is 20.4 Å². The van der Waals surface area contributed by atoms with Crippen molar-refractivity contribution in [2.24, 2.45) is 5.92 Å². The van der Waals surface area contributed by atoms with Crippen LogP contribution >= 0.6 is 0 Å². The molecule has 0 spiro atoms. The van der Waals surface area contributed by atoms with Crippen LogP contribution in [0.25, 0.3) is 0 Å². The first-order chi connectivity index (χ1) is 9.61. The van der Waals surface area contributed by atoms with Gasteiger partial charge in [0, 0.05) is 26.7 Å². The smallest absolute Gasteiger partial charge is 0.234 e. The largest absolute Gasteiger partial charge is 0.383 e. The maximum atomic E-state index is 11.9. The second-order valence-electron chi connectivity index (χ2n) is 5.39. The van der Waals surface area contributed by atoms with E-state index in [1.165, 1.54) is 5.56 Å². The molecule has 1 aromatic carbocycles. The van der Waals surface area contributed by atoms with Crippen molar-refractivity contribution >= 4 is 5.91 Å². The Morgan fingerprint density at radius 2 is 2.00 bits per heavy atom. The Morgan fingerprint density at radius 3 is 2.60 bits per heavy atom. The van der Waals surface area contributed by atoms with Crippen LogP contribution in [0.2, 0.25) is 0 Å². The molecule has 0 radical (unpaired) electrons. The fraction of sp³-hybridized carbons (Fsp3) is 0.562. The van der Waals surface area contributed by atoms with E-state index in [0.717, 1.165) is 19.6 Å². The number of carbonyl (C=O) groups is 1. The lowest BCUT2D eigenvalue weighted by molar-refractivity contribution is -0.122. The van der Waals surface area contributed by atoms with Gasteiger partial charge in [-0.15, -0.1) is 0 Å². The van der Waals surface area contributed by atoms with Gasteiger partial charge in [-0.1, -0.05) is 44.2 Å². The average Bonchev–Trinajstić information content (AvgIpc) is 2.43. The number of ether oxygens (including phenoxy) is 1. The van der Waals surface area contributed by atoms with Gasteiger partial charge in [-0.3, -0.25) is 9.69 Å². The van der Waals surface area contributed by atoms with Crippen LogP contribution in [0.5, 0.6) is 0 Å². The molecule has 4 heteroatoms. The molecule has 1 rings (SSSR count). The number of nitrogens with one attached hydrogen (secondary N) is 1. The fourth-order valence-corrected chi connectivity index (χ4v) is 1.85. The molecule has 20 heavy (non-hydrogen) atoms. The summed E-state index contributed by atoms with van der Waals surface area (Å²) in [6.45, 7) is 7.46. The Hall–Kier alpha value is -1.39. The maximum absolute atomic E-state index is 11.9. The second kappa shape index (κ2) is 9.50. The molecule has 1 aromatic rings. The summed E-state index contributed by atoms with van der Waals surface area (Å²) in [4.78, 5) is 14.0. The molecule has 0 saturated heterocycles. The molecule has 0 saturated carbocycles. The lowest BCUT2D eigenvalue weighted by Gasteiger charge is -2.21. The quantitative estimate of drug-likeness (QED) is 0.750. The molecule has 4 nitrogen and oxygen atoms in total. The Kier molecular flexibility index (Phi) is 7.92. The standard InChI is InChI=1S/C16H26N2O2/c1-14(2)11-17-16(19)13-18(9-10-20-3)12-15-7-5-4-6-8-15/h4-8,14H,9-13H2,1-3H3,(H,17,19). The Bertz CT molecular complexity index is 379. The number of hydrogen-bond acceptors (Lipinski definition) is 3. The summed E-state index contributed by atoms with van der Waals surface area (Å²) in [5.41, 5.74) is 1.21. The zero-order valence-electron chi connectivity index (χ0n) is 12.8. The molecule has 0 aliphatic rings. The number of carbonyl (C=O) groups excluding carboxylic acids is 1. The van der Waals surface area contributed by atoms with Crippen molar-refractivity contribution in [3.05, 3.63) is 35.9 Å². The van der Waals surface area contributed by atoms with E-state index >= 15 is 0 Å². The first-order valence-corrected chi connectivity index (χ1v) is 7.13. The highest BCUT2D eigenvalue weighted by Crippen LogP contribution is 2.04. The number of methoxy groups -OCH3 is 1. The van der Waals surface area contributed by atoms with Gasteiger partial charge in [0.05, 0.1) is 13.2 Å². The second-order valence-corrected chi connectivity index (χ2v) is 5.39. The van der Waals surface area contributed by atoms with Crippen LogP contribution in [0.4, 0.5) is 0 Å². The van der Waals surface area contributed by atoms with Gasteiger partial charge in [0.25, 0.3) is 0 Å². The third kappa shape index (κ3) is 7.26. The van der Waals surface area contributed by atoms with Crippen molar-refractivity contribution in [1.29, 1.82) is 0 Å². The van der Waals surface area contributed by atoms with Crippen molar-refractivity contribution in [3.8, 4) is 0 Å². The van der Waals surface area contributed by atoms with Gasteiger partial charge in [-0.05, 0) is 11.5 Å². The summed E-state index contributed by atoms with van der Waals surface area (Å²) in [6, 6.07) is 10.2. The minimum atomic E-state index is 0.0748. The van der Waals surface area contributed by atoms with Crippen molar-refractivity contribution in [3.63, 3.8) is 0 Å². The van der Waals surface area contributed by atoms with Crippen LogP contribution in [0, 0.1) is 5.92 Å². The fourth-order valence-electron chi connectivity index (χ4n) is 1.85. The van der Waals surface area contributed by atoms with E-state index in [4.69, 9.17) is 4.74 Å². The van der Waals surface area contributed by atoms with E-state index in [2.05, 4.69) is 36.2 Å². The number of amides is 1. The van der Waals surface area contributed by atoms with Gasteiger partial charge < -0.3 is 10.1 Å². The molecule has 0 fully saturated rings. The highest BCUT2D eigenvalue weighted by Gasteiger charge is 2.11. The summed E-state index contributed by atoms with van der Waals surface area (Å²) in [5.74, 6) is 0.547. The SMILES string of the molecule is COCCN(CC(=O)NCC(C)C)Cc1ccccc1. The van der Waals surface area contributed by atoms with Crippen LogP contribution in [0.1, 0.15) is 19.4 Å². The summed E-state index contributed by atoms with van der Waals surface area (Å²) in [5, 5.41) is 2.95. The van der Waals surface area contributed by atoms with Gasteiger partial charge in [-0.25, -0.2) is 0 Å². The zero-order chi connectivity index (χ0) is 14.8. The average molecular weight is 278 g/mol. The lowest BCUT2D eigenvalue weighted by Crippen LogP contribution is -2.39. The van der Waals surface area contributed by atoms with Gasteiger partial charge in [0.15, 0.2) is 0 Å². The van der Waals surface area contributed by atoms with Crippen LogP contribution in [0.3, 0.4) is 0 Å². The minimum Gasteiger partial charge on any atom is -0.383 e. The highest BCUT2D eigenvalue weighted by atomic mass is 16.5. The molecule has 0 aliphatic carbocycles. The monoisotopic (exact) mass is 278 g/mol. The summed E-state index contributed by atoms with van der Waals surface area (Å²) in [6.07, 6.45) is 0. The van der Waals surface area contributed by atoms with E-state index in [-0.39, 0.29) is 5.91 Å². The molecule has 0 aliphatic heterocycles. The highest BCUT2D eigenvalue weighted by molar-refractivity contribution is 5.78. The molecule has 0 heterocycles. The number of nitrogens with zero attached hydrogens (tertiary/aromatic N) is 1. The molecule has 0 unspecified atom stereocenters. The van der Waals surface area contributed by atoms with Crippen LogP contribution in [0.15, 0.2) is 30.3 Å². The third-order valence-electron chi connectivity index (χ3n) is 2.94. The summed E-state index contributed by atoms with van der Waals surface area (Å²) >= 11 is 0. The predicted octanol–water partition coefficient (Wildman–Crippen LogP) is 1.91. The lowest BCUT2D eigenvalue weighted by atomic mass is 10.2. The van der Waals surface area contributed by atoms with Gasteiger partial charge in [0.1, 0.15) is 0 Å².